The first kappa shape index (κ1) is 8.74. The maximum Gasteiger partial charge on any atom is 0.350 e. The number of nitrogens with zero attached hydrogens (tertiary/aromatic N) is 3. The first-order valence-corrected chi connectivity index (χ1v) is 4.37. The molecule has 0 radical (unpaired) electrons. The van der Waals surface area contributed by atoms with Crippen LogP contribution in [0.2, 0.25) is 0 Å². The molecule has 1 aromatic heterocycles. The van der Waals surface area contributed by atoms with Gasteiger partial charge in [0.05, 0.1) is 5.69 Å². The van der Waals surface area contributed by atoms with E-state index in [4.69, 9.17) is 0 Å². The van der Waals surface area contributed by atoms with E-state index in [1.165, 1.54) is 15.6 Å². The Labute approximate surface area is 81.4 Å². The summed E-state index contributed by atoms with van der Waals surface area (Å²) in [6.45, 7) is 1.97. The number of hydrogen-bond donors (Lipinski definition) is 0. The number of para-hydroxylation sites is 1. The minimum atomic E-state index is -0.126. The van der Waals surface area contributed by atoms with E-state index in [-0.39, 0.29) is 5.69 Å². The Morgan fingerprint density at radius 2 is 2.00 bits per heavy atom. The SMILES string of the molecule is Cc1ccccc1-n1cnn(C)c1=O. The van der Waals surface area contributed by atoms with Gasteiger partial charge in [-0.15, -0.1) is 0 Å². The summed E-state index contributed by atoms with van der Waals surface area (Å²) in [6, 6.07) is 7.72. The molecule has 1 heterocycles. The van der Waals surface area contributed by atoms with E-state index < -0.39 is 0 Å². The van der Waals surface area contributed by atoms with E-state index in [0.29, 0.717) is 0 Å². The maximum atomic E-state index is 11.6. The zero-order valence-corrected chi connectivity index (χ0v) is 8.14. The third-order valence-electron chi connectivity index (χ3n) is 2.20. The normalized spacial score (nSPS) is 10.4. The molecule has 0 N–H and O–H groups in total. The van der Waals surface area contributed by atoms with Crippen LogP contribution in [0.15, 0.2) is 35.4 Å². The summed E-state index contributed by atoms with van der Waals surface area (Å²) in [5.41, 5.74) is 1.81. The summed E-state index contributed by atoms with van der Waals surface area (Å²) < 4.78 is 2.85. The van der Waals surface area contributed by atoms with Gasteiger partial charge in [0.2, 0.25) is 0 Å². The molecule has 0 aliphatic carbocycles. The molecule has 0 unspecified atom stereocenters. The smallest absolute Gasteiger partial charge is 0.249 e. The second-order valence-corrected chi connectivity index (χ2v) is 3.19. The van der Waals surface area contributed by atoms with Gasteiger partial charge in [-0.05, 0) is 18.6 Å². The monoisotopic (exact) mass is 189 g/mol. The molecule has 0 spiro atoms. The third kappa shape index (κ3) is 1.25. The molecule has 2 rings (SSSR count). The predicted octanol–water partition coefficient (Wildman–Crippen LogP) is 0.879. The molecule has 0 saturated carbocycles. The molecule has 4 nitrogen and oxygen atoms in total. The largest absolute Gasteiger partial charge is 0.350 e. The molecular weight excluding hydrogens is 178 g/mol. The van der Waals surface area contributed by atoms with Crippen LogP contribution in [0.5, 0.6) is 0 Å². The van der Waals surface area contributed by atoms with Crippen LogP contribution in [-0.2, 0) is 7.05 Å². The van der Waals surface area contributed by atoms with Gasteiger partial charge in [-0.2, -0.15) is 5.10 Å². The molecule has 0 saturated heterocycles. The van der Waals surface area contributed by atoms with Crippen molar-refractivity contribution in [1.29, 1.82) is 0 Å². The van der Waals surface area contributed by atoms with Crippen LogP contribution in [0.25, 0.3) is 5.69 Å². The summed E-state index contributed by atoms with van der Waals surface area (Å²) in [5.74, 6) is 0. The summed E-state index contributed by atoms with van der Waals surface area (Å²) in [7, 11) is 1.64. The fourth-order valence-corrected chi connectivity index (χ4v) is 1.38. The van der Waals surface area contributed by atoms with Crippen molar-refractivity contribution in [2.24, 2.45) is 7.05 Å². The highest BCUT2D eigenvalue weighted by Gasteiger charge is 2.04. The van der Waals surface area contributed by atoms with Gasteiger partial charge >= 0.3 is 5.69 Å². The van der Waals surface area contributed by atoms with Gasteiger partial charge < -0.3 is 0 Å². The molecule has 0 atom stereocenters. The summed E-state index contributed by atoms with van der Waals surface area (Å²) in [6.07, 6.45) is 1.53. The average molecular weight is 189 g/mol. The van der Waals surface area contributed by atoms with Crippen molar-refractivity contribution in [2.75, 3.05) is 0 Å². The molecule has 72 valence electrons. The van der Waals surface area contributed by atoms with Crippen LogP contribution in [-0.4, -0.2) is 14.3 Å². The van der Waals surface area contributed by atoms with E-state index >= 15 is 0 Å². The minimum absolute atomic E-state index is 0.126. The first-order chi connectivity index (χ1) is 6.70. The van der Waals surface area contributed by atoms with Crippen LogP contribution in [0.1, 0.15) is 5.56 Å². The Morgan fingerprint density at radius 1 is 1.29 bits per heavy atom. The molecule has 0 bridgehead atoms. The lowest BCUT2D eigenvalue weighted by Gasteiger charge is -2.03. The van der Waals surface area contributed by atoms with Gasteiger partial charge in [0.15, 0.2) is 0 Å². The Bertz CT molecular complexity index is 510. The standard InChI is InChI=1S/C10H11N3O/c1-8-5-3-4-6-9(8)13-7-11-12(2)10(13)14/h3-7H,1-2H3. The fourth-order valence-electron chi connectivity index (χ4n) is 1.38. The van der Waals surface area contributed by atoms with E-state index in [1.807, 2.05) is 31.2 Å². The van der Waals surface area contributed by atoms with Crippen molar-refractivity contribution in [3.8, 4) is 5.69 Å². The van der Waals surface area contributed by atoms with Crippen LogP contribution >= 0.6 is 0 Å². The van der Waals surface area contributed by atoms with Crippen molar-refractivity contribution < 1.29 is 0 Å². The van der Waals surface area contributed by atoms with Crippen LogP contribution in [0.4, 0.5) is 0 Å². The van der Waals surface area contributed by atoms with Gasteiger partial charge in [-0.3, -0.25) is 0 Å². The third-order valence-corrected chi connectivity index (χ3v) is 2.20. The topological polar surface area (TPSA) is 39.8 Å². The molecule has 1 aromatic carbocycles. The highest BCUT2D eigenvalue weighted by Crippen LogP contribution is 2.09. The van der Waals surface area contributed by atoms with E-state index in [9.17, 15) is 4.79 Å². The van der Waals surface area contributed by atoms with Crippen molar-refractivity contribution in [3.63, 3.8) is 0 Å². The average Bonchev–Trinajstić information content (AvgIpc) is 2.49. The van der Waals surface area contributed by atoms with Gasteiger partial charge in [0.25, 0.3) is 0 Å². The summed E-state index contributed by atoms with van der Waals surface area (Å²) in [5, 5.41) is 3.90. The van der Waals surface area contributed by atoms with E-state index in [0.717, 1.165) is 11.3 Å². The Balaban J connectivity index is 2.67. The number of hydrogen-bond acceptors (Lipinski definition) is 2. The number of aromatic nitrogens is 3. The molecule has 0 fully saturated rings. The second-order valence-electron chi connectivity index (χ2n) is 3.19. The molecule has 0 amide bonds. The molecular formula is C10H11N3O. The van der Waals surface area contributed by atoms with E-state index in [1.54, 1.807) is 7.05 Å². The van der Waals surface area contributed by atoms with Gasteiger partial charge in [-0.1, -0.05) is 18.2 Å². The van der Waals surface area contributed by atoms with Crippen LogP contribution in [0.3, 0.4) is 0 Å². The zero-order valence-electron chi connectivity index (χ0n) is 8.14. The predicted molar refractivity (Wildman–Crippen MR) is 53.5 cm³/mol. The van der Waals surface area contributed by atoms with Gasteiger partial charge in [-0.25, -0.2) is 14.0 Å². The lowest BCUT2D eigenvalue weighted by molar-refractivity contribution is 0.725. The quantitative estimate of drug-likeness (QED) is 0.668. The highest BCUT2D eigenvalue weighted by atomic mass is 16.2. The molecule has 0 aliphatic rings. The molecule has 4 heteroatoms. The van der Waals surface area contributed by atoms with Crippen LogP contribution in [0, 0.1) is 6.92 Å². The molecule has 2 aromatic rings. The highest BCUT2D eigenvalue weighted by molar-refractivity contribution is 5.39. The lowest BCUT2D eigenvalue weighted by atomic mass is 10.2. The summed E-state index contributed by atoms with van der Waals surface area (Å²) in [4.78, 5) is 11.6. The minimum Gasteiger partial charge on any atom is -0.249 e. The maximum absolute atomic E-state index is 11.6. The second kappa shape index (κ2) is 3.14. The van der Waals surface area contributed by atoms with Gasteiger partial charge in [0.1, 0.15) is 6.33 Å². The zero-order chi connectivity index (χ0) is 10.1. The fraction of sp³-hybridized carbons (Fsp3) is 0.200. The molecule has 0 aliphatic heterocycles. The number of aryl methyl sites for hydroxylation is 2. The van der Waals surface area contributed by atoms with Crippen molar-refractivity contribution in [2.45, 2.75) is 6.92 Å². The first-order valence-electron chi connectivity index (χ1n) is 4.37. The Morgan fingerprint density at radius 3 is 2.57 bits per heavy atom. The molecule has 14 heavy (non-hydrogen) atoms. The van der Waals surface area contributed by atoms with Gasteiger partial charge in [0, 0.05) is 7.05 Å². The summed E-state index contributed by atoms with van der Waals surface area (Å²) >= 11 is 0. The van der Waals surface area contributed by atoms with Crippen LogP contribution < -0.4 is 5.69 Å². The Kier molecular flexibility index (Phi) is 1.96. The van der Waals surface area contributed by atoms with Crippen molar-refractivity contribution >= 4 is 0 Å². The Hall–Kier alpha value is -1.84. The number of rotatable bonds is 1. The van der Waals surface area contributed by atoms with Crippen molar-refractivity contribution in [3.05, 3.63) is 46.6 Å². The lowest BCUT2D eigenvalue weighted by Crippen LogP contribution is -2.21. The van der Waals surface area contributed by atoms with E-state index in [2.05, 4.69) is 5.10 Å². The number of benzene rings is 1. The van der Waals surface area contributed by atoms with Crippen molar-refractivity contribution in [1.82, 2.24) is 14.3 Å².